The van der Waals surface area contributed by atoms with Gasteiger partial charge < -0.3 is 10.6 Å². The Hall–Kier alpha value is -1.35. The Bertz CT molecular complexity index is 387. The van der Waals surface area contributed by atoms with Crippen molar-refractivity contribution in [1.82, 2.24) is 4.90 Å². The van der Waals surface area contributed by atoms with Crippen LogP contribution in [0.4, 0.5) is 0 Å². The maximum absolute atomic E-state index is 12.1. The summed E-state index contributed by atoms with van der Waals surface area (Å²) in [6.07, 6.45) is 0. The number of carbonyl (C=O) groups is 1. The van der Waals surface area contributed by atoms with Crippen LogP contribution in [0.15, 0.2) is 24.3 Å². The van der Waals surface area contributed by atoms with Crippen molar-refractivity contribution in [2.75, 3.05) is 6.54 Å². The molecule has 0 radical (unpaired) electrons. The average Bonchev–Trinajstić information content (AvgIpc) is 2.52. The van der Waals surface area contributed by atoms with E-state index in [-0.39, 0.29) is 18.0 Å². The molecule has 0 fully saturated rings. The van der Waals surface area contributed by atoms with E-state index in [1.807, 2.05) is 43.0 Å². The number of rotatable bonds is 2. The van der Waals surface area contributed by atoms with Crippen molar-refractivity contribution >= 4 is 5.91 Å². The van der Waals surface area contributed by atoms with Gasteiger partial charge in [-0.2, -0.15) is 0 Å². The smallest absolute Gasteiger partial charge is 0.255 e. The molecule has 0 saturated heterocycles. The van der Waals surface area contributed by atoms with Crippen LogP contribution in [0.2, 0.25) is 0 Å². The van der Waals surface area contributed by atoms with Crippen LogP contribution in [-0.2, 0) is 0 Å². The molecule has 0 aromatic heterocycles. The minimum Gasteiger partial charge on any atom is -0.328 e. The first-order valence-corrected chi connectivity index (χ1v) is 5.28. The van der Waals surface area contributed by atoms with Crippen molar-refractivity contribution in [2.24, 2.45) is 5.73 Å². The number of fused-ring (bicyclic) bond motifs is 1. The molecule has 80 valence electrons. The lowest BCUT2D eigenvalue weighted by Gasteiger charge is -2.28. The largest absolute Gasteiger partial charge is 0.328 e. The zero-order valence-corrected chi connectivity index (χ0v) is 9.10. The van der Waals surface area contributed by atoms with E-state index in [1.54, 1.807) is 0 Å². The van der Waals surface area contributed by atoms with Gasteiger partial charge in [0.05, 0.1) is 6.04 Å². The molecule has 0 bridgehead atoms. The second-order valence-electron chi connectivity index (χ2n) is 4.14. The lowest BCUT2D eigenvalue weighted by atomic mass is 10.0. The highest BCUT2D eigenvalue weighted by atomic mass is 16.2. The molecule has 15 heavy (non-hydrogen) atoms. The van der Waals surface area contributed by atoms with Crippen LogP contribution in [0, 0.1) is 0 Å². The van der Waals surface area contributed by atoms with Crippen molar-refractivity contribution in [3.8, 4) is 0 Å². The number of hydrogen-bond acceptors (Lipinski definition) is 2. The molecule has 1 heterocycles. The first-order valence-electron chi connectivity index (χ1n) is 5.28. The number of amides is 1. The van der Waals surface area contributed by atoms with Crippen LogP contribution in [0.5, 0.6) is 0 Å². The van der Waals surface area contributed by atoms with Gasteiger partial charge in [0.15, 0.2) is 0 Å². The molecular formula is C12H16N2O. The molecule has 3 heteroatoms. The average molecular weight is 204 g/mol. The molecule has 2 N–H and O–H groups in total. The molecular weight excluding hydrogens is 188 g/mol. The third-order valence-electron chi connectivity index (χ3n) is 2.90. The molecule has 1 atom stereocenters. The number of hydrogen-bond donors (Lipinski definition) is 1. The highest BCUT2D eigenvalue weighted by molar-refractivity contribution is 5.99. The Morgan fingerprint density at radius 1 is 1.40 bits per heavy atom. The quantitative estimate of drug-likeness (QED) is 0.794. The first kappa shape index (κ1) is 10.2. The number of nitrogens with two attached hydrogens (primary N) is 1. The van der Waals surface area contributed by atoms with E-state index in [0.717, 1.165) is 11.1 Å². The summed E-state index contributed by atoms with van der Waals surface area (Å²) in [6, 6.07) is 7.97. The van der Waals surface area contributed by atoms with Crippen LogP contribution in [0.3, 0.4) is 0 Å². The third kappa shape index (κ3) is 1.43. The van der Waals surface area contributed by atoms with E-state index in [4.69, 9.17) is 5.73 Å². The van der Waals surface area contributed by atoms with E-state index in [0.29, 0.717) is 6.54 Å². The molecule has 0 spiro atoms. The molecule has 0 saturated carbocycles. The van der Waals surface area contributed by atoms with Gasteiger partial charge in [-0.05, 0) is 25.5 Å². The van der Waals surface area contributed by atoms with Crippen molar-refractivity contribution in [1.29, 1.82) is 0 Å². The van der Waals surface area contributed by atoms with Gasteiger partial charge in [-0.1, -0.05) is 18.2 Å². The Kier molecular flexibility index (Phi) is 2.49. The molecule has 1 aromatic carbocycles. The van der Waals surface area contributed by atoms with E-state index >= 15 is 0 Å². The minimum absolute atomic E-state index is 0.0497. The Balaban J connectivity index is 2.48. The lowest BCUT2D eigenvalue weighted by Crippen LogP contribution is -2.37. The molecule has 0 unspecified atom stereocenters. The number of benzene rings is 1. The second-order valence-corrected chi connectivity index (χ2v) is 4.14. The fraction of sp³-hybridized carbons (Fsp3) is 0.417. The summed E-state index contributed by atoms with van der Waals surface area (Å²) in [4.78, 5) is 13.9. The summed E-state index contributed by atoms with van der Waals surface area (Å²) >= 11 is 0. The van der Waals surface area contributed by atoms with Crippen molar-refractivity contribution in [3.05, 3.63) is 35.4 Å². The standard InChI is InChI=1S/C12H16N2O/c1-8(2)14-11(7-13)9-5-3-4-6-10(9)12(14)15/h3-6,8,11H,7,13H2,1-2H3/t11-/m0/s1. The van der Waals surface area contributed by atoms with Crippen LogP contribution < -0.4 is 5.73 Å². The normalized spacial score (nSPS) is 19.9. The summed E-state index contributed by atoms with van der Waals surface area (Å²) in [5.74, 6) is 0.107. The zero-order valence-electron chi connectivity index (χ0n) is 9.10. The van der Waals surface area contributed by atoms with Gasteiger partial charge in [-0.3, -0.25) is 4.79 Å². The predicted octanol–water partition coefficient (Wildman–Crippen LogP) is 1.55. The lowest BCUT2D eigenvalue weighted by molar-refractivity contribution is 0.0669. The monoisotopic (exact) mass is 204 g/mol. The summed E-state index contributed by atoms with van der Waals surface area (Å²) in [6.45, 7) is 4.53. The minimum atomic E-state index is 0.0497. The van der Waals surface area contributed by atoms with Gasteiger partial charge in [0.25, 0.3) is 5.91 Å². The van der Waals surface area contributed by atoms with Crippen LogP contribution >= 0.6 is 0 Å². The van der Waals surface area contributed by atoms with Gasteiger partial charge in [0, 0.05) is 18.2 Å². The fourth-order valence-electron chi connectivity index (χ4n) is 2.25. The van der Waals surface area contributed by atoms with Crippen LogP contribution in [-0.4, -0.2) is 23.4 Å². The Morgan fingerprint density at radius 3 is 2.67 bits per heavy atom. The maximum Gasteiger partial charge on any atom is 0.255 e. The van der Waals surface area contributed by atoms with E-state index < -0.39 is 0 Å². The van der Waals surface area contributed by atoms with Gasteiger partial charge in [0.1, 0.15) is 0 Å². The fourth-order valence-corrected chi connectivity index (χ4v) is 2.25. The molecule has 1 aliphatic rings. The first-order chi connectivity index (χ1) is 7.16. The van der Waals surface area contributed by atoms with Crippen molar-refractivity contribution < 1.29 is 4.79 Å². The zero-order chi connectivity index (χ0) is 11.0. The predicted molar refractivity (Wildman–Crippen MR) is 59.5 cm³/mol. The van der Waals surface area contributed by atoms with E-state index in [2.05, 4.69) is 0 Å². The van der Waals surface area contributed by atoms with Gasteiger partial charge in [-0.15, -0.1) is 0 Å². The number of nitrogens with zero attached hydrogens (tertiary/aromatic N) is 1. The Morgan fingerprint density at radius 2 is 2.07 bits per heavy atom. The molecule has 3 nitrogen and oxygen atoms in total. The highest BCUT2D eigenvalue weighted by Gasteiger charge is 2.36. The van der Waals surface area contributed by atoms with Gasteiger partial charge in [-0.25, -0.2) is 0 Å². The Labute approximate surface area is 89.9 Å². The van der Waals surface area contributed by atoms with Gasteiger partial charge >= 0.3 is 0 Å². The highest BCUT2D eigenvalue weighted by Crippen LogP contribution is 2.33. The topological polar surface area (TPSA) is 46.3 Å². The number of carbonyl (C=O) groups excluding carboxylic acids is 1. The van der Waals surface area contributed by atoms with Crippen LogP contribution in [0.25, 0.3) is 0 Å². The van der Waals surface area contributed by atoms with Crippen molar-refractivity contribution in [3.63, 3.8) is 0 Å². The summed E-state index contributed by atoms with van der Waals surface area (Å²) in [5.41, 5.74) is 7.62. The summed E-state index contributed by atoms with van der Waals surface area (Å²) in [5, 5.41) is 0. The third-order valence-corrected chi connectivity index (χ3v) is 2.90. The molecule has 1 amide bonds. The van der Waals surface area contributed by atoms with Crippen LogP contribution in [0.1, 0.15) is 35.8 Å². The molecule has 1 aromatic rings. The summed E-state index contributed by atoms with van der Waals surface area (Å²) in [7, 11) is 0. The second kappa shape index (κ2) is 3.66. The molecule has 1 aliphatic heterocycles. The SMILES string of the molecule is CC(C)N1C(=O)c2ccccc2[C@@H]1CN. The van der Waals surface area contributed by atoms with E-state index in [1.165, 1.54) is 0 Å². The van der Waals surface area contributed by atoms with Crippen molar-refractivity contribution in [2.45, 2.75) is 25.9 Å². The molecule has 2 rings (SSSR count). The maximum atomic E-state index is 12.1. The molecule has 0 aliphatic carbocycles. The summed E-state index contributed by atoms with van der Waals surface area (Å²) < 4.78 is 0. The van der Waals surface area contributed by atoms with Gasteiger partial charge in [0.2, 0.25) is 0 Å². The van der Waals surface area contributed by atoms with E-state index in [9.17, 15) is 4.79 Å².